The van der Waals surface area contributed by atoms with Crippen molar-refractivity contribution in [2.75, 3.05) is 19.0 Å². The molecule has 0 aliphatic heterocycles. The van der Waals surface area contributed by atoms with E-state index in [0.717, 1.165) is 5.56 Å². The number of fused-ring (bicyclic) bond motifs is 1. The number of nitrogens with zero attached hydrogens (tertiary/aromatic N) is 3. The normalized spacial score (nSPS) is 12.3. The van der Waals surface area contributed by atoms with E-state index in [1.807, 2.05) is 18.2 Å². The molecule has 0 unspecified atom stereocenters. The topological polar surface area (TPSA) is 88.8 Å². The molecule has 8 heteroatoms. The number of methoxy groups -OCH3 is 1. The fourth-order valence-corrected chi connectivity index (χ4v) is 2.75. The van der Waals surface area contributed by atoms with E-state index in [9.17, 15) is 9.90 Å². The van der Waals surface area contributed by atoms with E-state index in [-0.39, 0.29) is 12.1 Å². The first-order valence-corrected chi connectivity index (χ1v) is 7.40. The number of anilines is 1. The van der Waals surface area contributed by atoms with E-state index in [4.69, 9.17) is 4.74 Å². The summed E-state index contributed by atoms with van der Waals surface area (Å²) in [6.07, 6.45) is 0.733. The Morgan fingerprint density at radius 1 is 1.45 bits per heavy atom. The lowest BCUT2D eigenvalue weighted by Crippen LogP contribution is -2.14. The standard InChI is InChI=1S/C14H14N4O3S/c1-21-10-4-2-3-9(7-10)11(19)8-16-13-17-18-12(20)5-6-15-14(18)22-13/h2-7,11,19H,8H2,1H3,(H,16,17)/t11-/m1/s1. The van der Waals surface area contributed by atoms with Gasteiger partial charge in [0.1, 0.15) is 5.75 Å². The Morgan fingerprint density at radius 2 is 2.32 bits per heavy atom. The minimum Gasteiger partial charge on any atom is -0.497 e. The number of ether oxygens (including phenoxy) is 1. The maximum Gasteiger partial charge on any atom is 0.275 e. The average Bonchev–Trinajstić information content (AvgIpc) is 2.97. The number of aromatic nitrogens is 3. The summed E-state index contributed by atoms with van der Waals surface area (Å²) in [7, 11) is 1.58. The maximum atomic E-state index is 11.6. The summed E-state index contributed by atoms with van der Waals surface area (Å²) in [6, 6.07) is 8.57. The van der Waals surface area contributed by atoms with Gasteiger partial charge in [0.25, 0.3) is 5.56 Å². The van der Waals surface area contributed by atoms with Crippen molar-refractivity contribution in [3.05, 3.63) is 52.4 Å². The Hall–Kier alpha value is -2.45. The van der Waals surface area contributed by atoms with Crippen LogP contribution in [0.3, 0.4) is 0 Å². The zero-order chi connectivity index (χ0) is 15.5. The first-order chi connectivity index (χ1) is 10.7. The molecule has 3 aromatic rings. The second-order valence-electron chi connectivity index (χ2n) is 4.56. The molecule has 114 valence electrons. The van der Waals surface area contributed by atoms with Crippen molar-refractivity contribution in [3.63, 3.8) is 0 Å². The van der Waals surface area contributed by atoms with Crippen LogP contribution in [0, 0.1) is 0 Å². The smallest absolute Gasteiger partial charge is 0.275 e. The highest BCUT2D eigenvalue weighted by molar-refractivity contribution is 7.20. The third-order valence-electron chi connectivity index (χ3n) is 3.10. The van der Waals surface area contributed by atoms with E-state index in [1.54, 1.807) is 13.2 Å². The molecule has 0 radical (unpaired) electrons. The van der Waals surface area contributed by atoms with E-state index < -0.39 is 6.10 Å². The third kappa shape index (κ3) is 2.92. The Kier molecular flexibility index (Phi) is 4.03. The minimum absolute atomic E-state index is 0.234. The molecule has 0 aliphatic rings. The van der Waals surface area contributed by atoms with Crippen LogP contribution in [0.4, 0.5) is 5.13 Å². The van der Waals surface area contributed by atoms with Gasteiger partial charge < -0.3 is 15.2 Å². The van der Waals surface area contributed by atoms with Crippen molar-refractivity contribution < 1.29 is 9.84 Å². The van der Waals surface area contributed by atoms with Crippen LogP contribution in [0.2, 0.25) is 0 Å². The fraction of sp³-hybridized carbons (Fsp3) is 0.214. The second-order valence-corrected chi connectivity index (χ2v) is 5.51. The molecule has 2 N–H and O–H groups in total. The summed E-state index contributed by atoms with van der Waals surface area (Å²) in [6.45, 7) is 0.266. The molecule has 0 aliphatic carbocycles. The molecular weight excluding hydrogens is 304 g/mol. The van der Waals surface area contributed by atoms with Crippen LogP contribution in [0.5, 0.6) is 5.75 Å². The lowest BCUT2D eigenvalue weighted by Gasteiger charge is -2.12. The van der Waals surface area contributed by atoms with Crippen LogP contribution < -0.4 is 15.6 Å². The molecule has 7 nitrogen and oxygen atoms in total. The molecule has 1 atom stereocenters. The van der Waals surface area contributed by atoms with E-state index in [1.165, 1.54) is 28.1 Å². The van der Waals surface area contributed by atoms with Crippen LogP contribution in [-0.4, -0.2) is 33.4 Å². The Labute approximate surface area is 129 Å². The number of aliphatic hydroxyl groups excluding tert-OH is 1. The van der Waals surface area contributed by atoms with Crippen molar-refractivity contribution in [2.45, 2.75) is 6.10 Å². The van der Waals surface area contributed by atoms with E-state index in [0.29, 0.717) is 15.8 Å². The summed E-state index contributed by atoms with van der Waals surface area (Å²) >= 11 is 1.25. The number of nitrogens with one attached hydrogen (secondary N) is 1. The molecular formula is C14H14N4O3S. The molecule has 0 fully saturated rings. The first kappa shape index (κ1) is 14.5. The van der Waals surface area contributed by atoms with E-state index >= 15 is 0 Å². The second kappa shape index (κ2) is 6.12. The number of rotatable bonds is 5. The number of aliphatic hydroxyl groups is 1. The van der Waals surface area contributed by atoms with Gasteiger partial charge in [0.05, 0.1) is 13.2 Å². The highest BCUT2D eigenvalue weighted by atomic mass is 32.1. The van der Waals surface area contributed by atoms with Gasteiger partial charge in [-0.25, -0.2) is 4.98 Å². The van der Waals surface area contributed by atoms with Crippen molar-refractivity contribution in [2.24, 2.45) is 0 Å². The minimum atomic E-state index is -0.716. The van der Waals surface area contributed by atoms with Gasteiger partial charge in [-0.1, -0.05) is 23.5 Å². The first-order valence-electron chi connectivity index (χ1n) is 6.58. The Balaban J connectivity index is 1.72. The highest BCUT2D eigenvalue weighted by Gasteiger charge is 2.11. The quantitative estimate of drug-likeness (QED) is 0.737. The zero-order valence-corrected chi connectivity index (χ0v) is 12.6. The van der Waals surface area contributed by atoms with Gasteiger partial charge in [-0.15, -0.1) is 5.10 Å². The van der Waals surface area contributed by atoms with Crippen molar-refractivity contribution >= 4 is 21.4 Å². The molecule has 2 aromatic heterocycles. The van der Waals surface area contributed by atoms with Gasteiger partial charge in [0, 0.05) is 18.8 Å². The predicted octanol–water partition coefficient (Wildman–Crippen LogP) is 1.31. The van der Waals surface area contributed by atoms with Crippen LogP contribution in [0.15, 0.2) is 41.3 Å². The van der Waals surface area contributed by atoms with Crippen LogP contribution in [0.25, 0.3) is 4.96 Å². The fourth-order valence-electron chi connectivity index (χ4n) is 1.97. The summed E-state index contributed by atoms with van der Waals surface area (Å²) in [5.41, 5.74) is 0.505. The monoisotopic (exact) mass is 318 g/mol. The summed E-state index contributed by atoms with van der Waals surface area (Å²) in [4.78, 5) is 16.2. The van der Waals surface area contributed by atoms with Crippen LogP contribution >= 0.6 is 11.3 Å². The molecule has 0 amide bonds. The molecule has 22 heavy (non-hydrogen) atoms. The molecule has 0 bridgehead atoms. The summed E-state index contributed by atoms with van der Waals surface area (Å²) in [5.74, 6) is 0.687. The Bertz CT molecular complexity index is 845. The van der Waals surface area contributed by atoms with E-state index in [2.05, 4.69) is 15.4 Å². The molecule has 0 saturated carbocycles. The average molecular weight is 318 g/mol. The van der Waals surface area contributed by atoms with Crippen molar-refractivity contribution in [1.82, 2.24) is 14.6 Å². The van der Waals surface area contributed by atoms with Gasteiger partial charge in [-0.3, -0.25) is 4.79 Å². The molecule has 2 heterocycles. The zero-order valence-electron chi connectivity index (χ0n) is 11.8. The Morgan fingerprint density at radius 3 is 3.09 bits per heavy atom. The van der Waals surface area contributed by atoms with Gasteiger partial charge in [0.15, 0.2) is 0 Å². The van der Waals surface area contributed by atoms with Crippen LogP contribution in [0.1, 0.15) is 11.7 Å². The summed E-state index contributed by atoms with van der Waals surface area (Å²) in [5, 5.41) is 17.9. The van der Waals surface area contributed by atoms with Gasteiger partial charge in [-0.2, -0.15) is 4.52 Å². The SMILES string of the molecule is COc1cccc([C@H](O)CNc2nn3c(=O)ccnc3s2)c1. The maximum absolute atomic E-state index is 11.6. The van der Waals surface area contributed by atoms with Gasteiger partial charge in [0.2, 0.25) is 10.1 Å². The molecule has 3 rings (SSSR count). The molecule has 1 aromatic carbocycles. The molecule has 0 saturated heterocycles. The number of hydrogen-bond acceptors (Lipinski definition) is 7. The van der Waals surface area contributed by atoms with Crippen LogP contribution in [-0.2, 0) is 0 Å². The summed E-state index contributed by atoms with van der Waals surface area (Å²) < 4.78 is 6.36. The largest absolute Gasteiger partial charge is 0.497 e. The predicted molar refractivity (Wildman–Crippen MR) is 83.6 cm³/mol. The lowest BCUT2D eigenvalue weighted by molar-refractivity contribution is 0.191. The van der Waals surface area contributed by atoms with Crippen molar-refractivity contribution in [1.29, 1.82) is 0 Å². The number of hydrogen-bond donors (Lipinski definition) is 2. The third-order valence-corrected chi connectivity index (χ3v) is 3.98. The van der Waals surface area contributed by atoms with Crippen molar-refractivity contribution in [3.8, 4) is 5.75 Å². The number of benzene rings is 1. The van der Waals surface area contributed by atoms with Gasteiger partial charge >= 0.3 is 0 Å². The van der Waals surface area contributed by atoms with Gasteiger partial charge in [-0.05, 0) is 17.7 Å². The lowest BCUT2D eigenvalue weighted by atomic mass is 10.1. The molecule has 0 spiro atoms. The highest BCUT2D eigenvalue weighted by Crippen LogP contribution is 2.21.